The Bertz CT molecular complexity index is 754. The van der Waals surface area contributed by atoms with E-state index in [0.29, 0.717) is 31.0 Å². The first-order valence-electron chi connectivity index (χ1n) is 9.24. The molecule has 3 rings (SSSR count). The molecule has 1 aliphatic heterocycles. The first-order valence-corrected chi connectivity index (χ1v) is 9.24. The summed E-state index contributed by atoms with van der Waals surface area (Å²) in [4.78, 5) is 30.8. The zero-order valence-electron chi connectivity index (χ0n) is 15.5. The molecule has 27 heavy (non-hydrogen) atoms. The number of carbonyl (C=O) groups excluding carboxylic acids is 2. The van der Waals surface area contributed by atoms with Crippen molar-refractivity contribution in [3.05, 3.63) is 53.7 Å². The van der Waals surface area contributed by atoms with Crippen LogP contribution in [0.1, 0.15) is 40.9 Å². The molecule has 0 aliphatic carbocycles. The van der Waals surface area contributed by atoms with E-state index in [0.717, 1.165) is 25.0 Å². The van der Waals surface area contributed by atoms with E-state index in [9.17, 15) is 9.59 Å². The number of nitrogens with one attached hydrogen (secondary N) is 1. The number of nitrogens with zero attached hydrogens (tertiary/aromatic N) is 2. The predicted molar refractivity (Wildman–Crippen MR) is 99.0 cm³/mol. The largest absolute Gasteiger partial charge is 0.469 e. The number of furan rings is 1. The maximum atomic E-state index is 12.9. The highest BCUT2D eigenvalue weighted by Crippen LogP contribution is 2.17. The van der Waals surface area contributed by atoms with Gasteiger partial charge >= 0.3 is 0 Å². The summed E-state index contributed by atoms with van der Waals surface area (Å²) in [6.45, 7) is 3.73. The van der Waals surface area contributed by atoms with E-state index < -0.39 is 0 Å². The Morgan fingerprint density at radius 1 is 1.37 bits per heavy atom. The van der Waals surface area contributed by atoms with Gasteiger partial charge in [0.05, 0.1) is 17.9 Å². The zero-order valence-corrected chi connectivity index (χ0v) is 15.5. The molecule has 1 atom stereocenters. The molecule has 0 saturated carbocycles. The molecule has 1 saturated heterocycles. The molecule has 7 nitrogen and oxygen atoms in total. The van der Waals surface area contributed by atoms with Crippen LogP contribution in [-0.2, 0) is 16.1 Å². The van der Waals surface area contributed by atoms with E-state index in [1.165, 1.54) is 6.26 Å². The van der Waals surface area contributed by atoms with Crippen molar-refractivity contribution in [1.82, 2.24) is 15.2 Å². The smallest absolute Gasteiger partial charge is 0.257 e. The second kappa shape index (κ2) is 9.32. The number of hydrogen-bond acceptors (Lipinski definition) is 5. The molecule has 0 bridgehead atoms. The van der Waals surface area contributed by atoms with Crippen molar-refractivity contribution >= 4 is 11.8 Å². The molecule has 0 spiro atoms. The van der Waals surface area contributed by atoms with Gasteiger partial charge in [-0.15, -0.1) is 0 Å². The highest BCUT2D eigenvalue weighted by molar-refractivity contribution is 5.95. The van der Waals surface area contributed by atoms with Gasteiger partial charge in [-0.3, -0.25) is 14.6 Å². The van der Waals surface area contributed by atoms with Gasteiger partial charge in [0.2, 0.25) is 5.91 Å². The molecule has 2 amide bonds. The molecule has 0 radical (unpaired) electrons. The van der Waals surface area contributed by atoms with Gasteiger partial charge in [0, 0.05) is 45.1 Å². The maximum absolute atomic E-state index is 12.9. The molecule has 3 heterocycles. The summed E-state index contributed by atoms with van der Waals surface area (Å²) in [5.74, 6) is 0.350. The molecule has 7 heteroatoms. The van der Waals surface area contributed by atoms with Crippen LogP contribution >= 0.6 is 0 Å². The maximum Gasteiger partial charge on any atom is 0.257 e. The summed E-state index contributed by atoms with van der Waals surface area (Å²) in [7, 11) is 0. The van der Waals surface area contributed by atoms with Crippen LogP contribution in [0.4, 0.5) is 0 Å². The number of aryl methyl sites for hydroxylation is 1. The average molecular weight is 371 g/mol. The van der Waals surface area contributed by atoms with Gasteiger partial charge in [0.1, 0.15) is 5.76 Å². The fourth-order valence-electron chi connectivity index (χ4n) is 3.12. The lowest BCUT2D eigenvalue weighted by atomic mass is 10.1. The lowest BCUT2D eigenvalue weighted by Gasteiger charge is -2.25. The third kappa shape index (κ3) is 5.40. The van der Waals surface area contributed by atoms with E-state index in [1.54, 1.807) is 30.3 Å². The molecular formula is C20H25N3O4. The highest BCUT2D eigenvalue weighted by atomic mass is 16.5. The topological polar surface area (TPSA) is 84.7 Å². The van der Waals surface area contributed by atoms with Gasteiger partial charge in [-0.05, 0) is 37.5 Å². The van der Waals surface area contributed by atoms with Crippen molar-refractivity contribution < 1.29 is 18.7 Å². The van der Waals surface area contributed by atoms with Gasteiger partial charge in [0.15, 0.2) is 0 Å². The fraction of sp³-hybridized carbons (Fsp3) is 0.450. The van der Waals surface area contributed by atoms with Gasteiger partial charge in [-0.25, -0.2) is 0 Å². The Kier molecular flexibility index (Phi) is 6.59. The standard InChI is InChI=1S/C20H25N3O4/c1-15-18(7-11-26-15)20(25)23(14-17-5-3-10-27-17)9-6-19(24)22-13-16-4-2-8-21-12-16/h2,4,7-8,11-12,17H,3,5-6,9-10,13-14H2,1H3,(H,22,24). The Labute approximate surface area is 158 Å². The zero-order chi connectivity index (χ0) is 19.1. The molecule has 0 aromatic carbocycles. The number of aromatic nitrogens is 1. The second-order valence-electron chi connectivity index (χ2n) is 6.66. The minimum absolute atomic E-state index is 0.0274. The molecule has 1 fully saturated rings. The number of amides is 2. The quantitative estimate of drug-likeness (QED) is 0.770. The van der Waals surface area contributed by atoms with Gasteiger partial charge < -0.3 is 19.4 Å². The first kappa shape index (κ1) is 19.1. The number of carbonyl (C=O) groups is 2. The molecule has 2 aromatic rings. The lowest BCUT2D eigenvalue weighted by molar-refractivity contribution is -0.121. The van der Waals surface area contributed by atoms with Crippen molar-refractivity contribution in [2.45, 2.75) is 38.8 Å². The van der Waals surface area contributed by atoms with Crippen LogP contribution in [0.15, 0.2) is 41.3 Å². The summed E-state index contributed by atoms with van der Waals surface area (Å²) in [5.41, 5.74) is 1.47. The van der Waals surface area contributed by atoms with Crippen LogP contribution < -0.4 is 5.32 Å². The molecule has 144 valence electrons. The summed E-state index contributed by atoms with van der Waals surface area (Å²) in [6, 6.07) is 5.40. The Balaban J connectivity index is 1.56. The number of hydrogen-bond donors (Lipinski definition) is 1. The molecule has 2 aromatic heterocycles. The van der Waals surface area contributed by atoms with Crippen molar-refractivity contribution in [2.24, 2.45) is 0 Å². The van der Waals surface area contributed by atoms with E-state index >= 15 is 0 Å². The minimum Gasteiger partial charge on any atom is -0.469 e. The van der Waals surface area contributed by atoms with Crippen LogP contribution in [-0.4, -0.2) is 47.5 Å². The van der Waals surface area contributed by atoms with Crippen LogP contribution in [0, 0.1) is 6.92 Å². The summed E-state index contributed by atoms with van der Waals surface area (Å²) < 4.78 is 10.9. The van der Waals surface area contributed by atoms with Crippen LogP contribution in [0.25, 0.3) is 0 Å². The van der Waals surface area contributed by atoms with Crippen LogP contribution in [0.3, 0.4) is 0 Å². The summed E-state index contributed by atoms with van der Waals surface area (Å²) in [6.07, 6.45) is 7.11. The second-order valence-corrected chi connectivity index (χ2v) is 6.66. The Hall–Kier alpha value is -2.67. The van der Waals surface area contributed by atoms with E-state index in [4.69, 9.17) is 9.15 Å². The Morgan fingerprint density at radius 3 is 2.93 bits per heavy atom. The third-order valence-corrected chi connectivity index (χ3v) is 4.65. The number of rotatable bonds is 8. The highest BCUT2D eigenvalue weighted by Gasteiger charge is 2.25. The van der Waals surface area contributed by atoms with Crippen LogP contribution in [0.5, 0.6) is 0 Å². The Morgan fingerprint density at radius 2 is 2.26 bits per heavy atom. The summed E-state index contributed by atoms with van der Waals surface area (Å²) >= 11 is 0. The van der Waals surface area contributed by atoms with Crippen molar-refractivity contribution in [1.29, 1.82) is 0 Å². The average Bonchev–Trinajstić information content (AvgIpc) is 3.35. The SMILES string of the molecule is Cc1occc1C(=O)N(CCC(=O)NCc1cccnc1)CC1CCCO1. The van der Waals surface area contributed by atoms with Gasteiger partial charge in [0.25, 0.3) is 5.91 Å². The van der Waals surface area contributed by atoms with Crippen molar-refractivity contribution in [3.8, 4) is 0 Å². The predicted octanol–water partition coefficient (Wildman–Crippen LogP) is 2.31. The summed E-state index contributed by atoms with van der Waals surface area (Å²) in [5, 5.41) is 2.87. The van der Waals surface area contributed by atoms with Gasteiger partial charge in [-0.1, -0.05) is 6.07 Å². The molecule has 1 N–H and O–H groups in total. The first-order chi connectivity index (χ1) is 13.1. The number of pyridine rings is 1. The lowest BCUT2D eigenvalue weighted by Crippen LogP contribution is -2.40. The van der Waals surface area contributed by atoms with E-state index in [1.807, 2.05) is 12.1 Å². The van der Waals surface area contributed by atoms with E-state index in [-0.39, 0.29) is 24.3 Å². The van der Waals surface area contributed by atoms with Crippen LogP contribution in [0.2, 0.25) is 0 Å². The van der Waals surface area contributed by atoms with Crippen molar-refractivity contribution in [2.75, 3.05) is 19.7 Å². The van der Waals surface area contributed by atoms with Crippen molar-refractivity contribution in [3.63, 3.8) is 0 Å². The molecular weight excluding hydrogens is 346 g/mol. The molecule has 1 unspecified atom stereocenters. The van der Waals surface area contributed by atoms with Gasteiger partial charge in [-0.2, -0.15) is 0 Å². The fourth-order valence-corrected chi connectivity index (χ4v) is 3.12. The van der Waals surface area contributed by atoms with E-state index in [2.05, 4.69) is 10.3 Å². The normalized spacial score (nSPS) is 16.3. The number of ether oxygens (including phenoxy) is 1. The third-order valence-electron chi connectivity index (χ3n) is 4.65. The monoisotopic (exact) mass is 371 g/mol. The minimum atomic E-state index is -0.128. The molecule has 1 aliphatic rings.